The molecular weight excluding hydrogens is 256 g/mol. The van der Waals surface area contributed by atoms with Crippen LogP contribution in [0.2, 0.25) is 5.02 Å². The standard InChI is InChI=1S/C16H23ClN2/c1-19(11-12-3-2-4-14(17)9-12)16-8-5-13(16)10-18-15-6-7-15/h2-4,9,13,15-16,18H,5-8,10-11H2,1H3. The maximum Gasteiger partial charge on any atom is 0.0409 e. The first-order valence-electron chi connectivity index (χ1n) is 7.40. The molecule has 2 fully saturated rings. The molecule has 2 saturated carbocycles. The number of rotatable bonds is 6. The highest BCUT2D eigenvalue weighted by molar-refractivity contribution is 6.30. The second-order valence-corrected chi connectivity index (χ2v) is 6.57. The molecule has 3 heteroatoms. The molecule has 0 saturated heterocycles. The monoisotopic (exact) mass is 278 g/mol. The van der Waals surface area contributed by atoms with Crippen LogP contribution in [0.25, 0.3) is 0 Å². The Hall–Kier alpha value is -0.570. The summed E-state index contributed by atoms with van der Waals surface area (Å²) in [7, 11) is 2.24. The van der Waals surface area contributed by atoms with Gasteiger partial charge in [0.2, 0.25) is 0 Å². The molecule has 1 N–H and O–H groups in total. The average molecular weight is 279 g/mol. The molecule has 1 aromatic rings. The summed E-state index contributed by atoms with van der Waals surface area (Å²) < 4.78 is 0. The normalized spacial score (nSPS) is 26.5. The summed E-state index contributed by atoms with van der Waals surface area (Å²) in [5, 5.41) is 4.51. The van der Waals surface area contributed by atoms with Gasteiger partial charge in [0.1, 0.15) is 0 Å². The van der Waals surface area contributed by atoms with Crippen molar-refractivity contribution in [3.8, 4) is 0 Å². The molecule has 2 atom stereocenters. The van der Waals surface area contributed by atoms with Crippen molar-refractivity contribution in [1.82, 2.24) is 10.2 Å². The van der Waals surface area contributed by atoms with Gasteiger partial charge in [-0.05, 0) is 62.9 Å². The van der Waals surface area contributed by atoms with E-state index >= 15 is 0 Å². The van der Waals surface area contributed by atoms with E-state index in [2.05, 4.69) is 29.4 Å². The van der Waals surface area contributed by atoms with Crippen LogP contribution in [0, 0.1) is 5.92 Å². The fourth-order valence-electron chi connectivity index (χ4n) is 3.02. The first-order valence-corrected chi connectivity index (χ1v) is 7.78. The Bertz CT molecular complexity index is 431. The molecule has 2 unspecified atom stereocenters. The zero-order valence-corrected chi connectivity index (χ0v) is 12.4. The van der Waals surface area contributed by atoms with Gasteiger partial charge in [-0.25, -0.2) is 0 Å². The molecule has 0 bridgehead atoms. The quantitative estimate of drug-likeness (QED) is 0.859. The predicted molar refractivity (Wildman–Crippen MR) is 80.5 cm³/mol. The van der Waals surface area contributed by atoms with E-state index in [4.69, 9.17) is 11.6 Å². The Morgan fingerprint density at radius 3 is 2.74 bits per heavy atom. The molecule has 0 amide bonds. The third-order valence-electron chi connectivity index (χ3n) is 4.51. The molecule has 0 radical (unpaired) electrons. The van der Waals surface area contributed by atoms with Crippen molar-refractivity contribution in [2.24, 2.45) is 5.92 Å². The fraction of sp³-hybridized carbons (Fsp3) is 0.625. The molecule has 0 aliphatic heterocycles. The SMILES string of the molecule is CN(Cc1cccc(Cl)c1)C1CCC1CNC1CC1. The van der Waals surface area contributed by atoms with E-state index < -0.39 is 0 Å². The van der Waals surface area contributed by atoms with Gasteiger partial charge < -0.3 is 5.32 Å². The van der Waals surface area contributed by atoms with E-state index in [-0.39, 0.29) is 0 Å². The third kappa shape index (κ3) is 3.50. The van der Waals surface area contributed by atoms with Crippen LogP contribution in [-0.4, -0.2) is 30.6 Å². The van der Waals surface area contributed by atoms with Crippen LogP contribution < -0.4 is 5.32 Å². The summed E-state index contributed by atoms with van der Waals surface area (Å²) >= 11 is 6.05. The van der Waals surface area contributed by atoms with Crippen LogP contribution in [0.4, 0.5) is 0 Å². The summed E-state index contributed by atoms with van der Waals surface area (Å²) in [5.41, 5.74) is 1.32. The van der Waals surface area contributed by atoms with Crippen molar-refractivity contribution in [2.75, 3.05) is 13.6 Å². The van der Waals surface area contributed by atoms with Crippen molar-refractivity contribution in [3.05, 3.63) is 34.9 Å². The molecule has 2 aliphatic rings. The Morgan fingerprint density at radius 1 is 1.26 bits per heavy atom. The first-order chi connectivity index (χ1) is 9.22. The van der Waals surface area contributed by atoms with Gasteiger partial charge in [0, 0.05) is 23.7 Å². The summed E-state index contributed by atoms with van der Waals surface area (Å²) in [6.45, 7) is 2.21. The number of hydrogen-bond donors (Lipinski definition) is 1. The van der Waals surface area contributed by atoms with E-state index in [1.165, 1.54) is 37.8 Å². The minimum absolute atomic E-state index is 0.741. The van der Waals surface area contributed by atoms with Crippen LogP contribution in [-0.2, 0) is 6.54 Å². The minimum Gasteiger partial charge on any atom is -0.314 e. The summed E-state index contributed by atoms with van der Waals surface area (Å²) in [5.74, 6) is 0.838. The highest BCUT2D eigenvalue weighted by atomic mass is 35.5. The Labute approximate surface area is 121 Å². The largest absolute Gasteiger partial charge is 0.314 e. The zero-order valence-electron chi connectivity index (χ0n) is 11.6. The lowest BCUT2D eigenvalue weighted by Crippen LogP contribution is -2.48. The summed E-state index contributed by atoms with van der Waals surface area (Å²) in [6, 6.07) is 9.80. The van der Waals surface area contributed by atoms with Gasteiger partial charge in [-0.15, -0.1) is 0 Å². The number of nitrogens with one attached hydrogen (secondary N) is 1. The molecule has 0 spiro atoms. The molecule has 2 aliphatic carbocycles. The lowest BCUT2D eigenvalue weighted by Gasteiger charge is -2.43. The van der Waals surface area contributed by atoms with E-state index in [9.17, 15) is 0 Å². The van der Waals surface area contributed by atoms with Crippen LogP contribution in [0.3, 0.4) is 0 Å². The zero-order chi connectivity index (χ0) is 13.2. The third-order valence-corrected chi connectivity index (χ3v) is 4.75. The molecule has 2 nitrogen and oxygen atoms in total. The van der Waals surface area contributed by atoms with Crippen LogP contribution in [0.15, 0.2) is 24.3 Å². The Morgan fingerprint density at radius 2 is 2.11 bits per heavy atom. The predicted octanol–water partition coefficient (Wildman–Crippen LogP) is 3.30. The maximum atomic E-state index is 6.05. The fourth-order valence-corrected chi connectivity index (χ4v) is 3.23. The molecule has 0 heterocycles. The van der Waals surface area contributed by atoms with E-state index in [0.717, 1.165) is 29.6 Å². The molecule has 1 aromatic carbocycles. The van der Waals surface area contributed by atoms with Crippen LogP contribution in [0.1, 0.15) is 31.2 Å². The first kappa shape index (κ1) is 13.4. The van der Waals surface area contributed by atoms with Gasteiger partial charge in [-0.3, -0.25) is 4.90 Å². The number of benzene rings is 1. The highest BCUT2D eigenvalue weighted by Crippen LogP contribution is 2.32. The average Bonchev–Trinajstić information content (AvgIpc) is 3.11. The second-order valence-electron chi connectivity index (χ2n) is 6.13. The number of halogens is 1. The molecule has 19 heavy (non-hydrogen) atoms. The molecular formula is C16H23ClN2. The lowest BCUT2D eigenvalue weighted by atomic mass is 9.78. The molecule has 0 aromatic heterocycles. The van der Waals surface area contributed by atoms with Crippen LogP contribution in [0.5, 0.6) is 0 Å². The van der Waals surface area contributed by atoms with Gasteiger partial charge in [-0.1, -0.05) is 23.7 Å². The Kier molecular flexibility index (Phi) is 4.11. The van der Waals surface area contributed by atoms with Crippen molar-refractivity contribution in [2.45, 2.75) is 44.3 Å². The highest BCUT2D eigenvalue weighted by Gasteiger charge is 2.34. The van der Waals surface area contributed by atoms with Gasteiger partial charge in [-0.2, -0.15) is 0 Å². The van der Waals surface area contributed by atoms with Crippen molar-refractivity contribution in [1.29, 1.82) is 0 Å². The van der Waals surface area contributed by atoms with Crippen molar-refractivity contribution >= 4 is 11.6 Å². The lowest BCUT2D eigenvalue weighted by molar-refractivity contribution is 0.0778. The van der Waals surface area contributed by atoms with Crippen LogP contribution >= 0.6 is 11.6 Å². The van der Waals surface area contributed by atoms with Gasteiger partial charge in [0.25, 0.3) is 0 Å². The van der Waals surface area contributed by atoms with Crippen molar-refractivity contribution in [3.63, 3.8) is 0 Å². The topological polar surface area (TPSA) is 15.3 Å². The number of hydrogen-bond acceptors (Lipinski definition) is 2. The molecule has 3 rings (SSSR count). The number of nitrogens with zero attached hydrogens (tertiary/aromatic N) is 1. The van der Waals surface area contributed by atoms with Gasteiger partial charge in [0.05, 0.1) is 0 Å². The summed E-state index contributed by atoms with van der Waals surface area (Å²) in [4.78, 5) is 2.49. The summed E-state index contributed by atoms with van der Waals surface area (Å²) in [6.07, 6.45) is 5.49. The van der Waals surface area contributed by atoms with Gasteiger partial charge in [0.15, 0.2) is 0 Å². The van der Waals surface area contributed by atoms with E-state index in [0.29, 0.717) is 0 Å². The smallest absolute Gasteiger partial charge is 0.0409 e. The Balaban J connectivity index is 1.50. The van der Waals surface area contributed by atoms with Crippen molar-refractivity contribution < 1.29 is 0 Å². The molecule has 104 valence electrons. The second kappa shape index (κ2) is 5.82. The van der Waals surface area contributed by atoms with E-state index in [1.807, 2.05) is 12.1 Å². The van der Waals surface area contributed by atoms with E-state index in [1.54, 1.807) is 0 Å². The van der Waals surface area contributed by atoms with Gasteiger partial charge >= 0.3 is 0 Å². The maximum absolute atomic E-state index is 6.05. The minimum atomic E-state index is 0.741.